The lowest BCUT2D eigenvalue weighted by Gasteiger charge is -2.28. The van der Waals surface area contributed by atoms with Gasteiger partial charge in [0.25, 0.3) is 0 Å². The molecule has 0 bridgehead atoms. The second kappa shape index (κ2) is 7.90. The molecule has 2 aliphatic carbocycles. The zero-order valence-corrected chi connectivity index (χ0v) is 14.4. The van der Waals surface area contributed by atoms with Gasteiger partial charge in [0.15, 0.2) is 0 Å². The summed E-state index contributed by atoms with van der Waals surface area (Å²) in [6.07, 6.45) is 16.4. The van der Waals surface area contributed by atoms with Crippen molar-refractivity contribution >= 4 is 0 Å². The van der Waals surface area contributed by atoms with Gasteiger partial charge in [-0.1, -0.05) is 19.8 Å². The quantitative estimate of drug-likeness (QED) is 0.753. The summed E-state index contributed by atoms with van der Waals surface area (Å²) in [5, 5.41) is 9.00. The van der Waals surface area contributed by atoms with E-state index in [9.17, 15) is 0 Å². The molecule has 0 atom stereocenters. The third-order valence-corrected chi connectivity index (χ3v) is 5.98. The second-order valence-electron chi connectivity index (χ2n) is 7.56. The van der Waals surface area contributed by atoms with Crippen molar-refractivity contribution in [3.05, 3.63) is 23.8 Å². The summed E-state index contributed by atoms with van der Waals surface area (Å²) in [4.78, 5) is 9.38. The molecule has 3 heteroatoms. The first-order chi connectivity index (χ1) is 11.3. The van der Waals surface area contributed by atoms with Crippen molar-refractivity contribution in [2.75, 3.05) is 0 Å². The molecule has 124 valence electrons. The van der Waals surface area contributed by atoms with Crippen LogP contribution in [0.2, 0.25) is 0 Å². The minimum absolute atomic E-state index is 0.254. The normalized spacial score (nSPS) is 31.5. The highest BCUT2D eigenvalue weighted by Crippen LogP contribution is 2.38. The standard InChI is InChI=1S/C20H29N3/c1-2-3-15-4-8-17(9-5-15)19-13-22-20(23-14-19)18-10-6-16(12-21)7-11-18/h13-18H,2-11H2,1H3/t15-,16-,17-,18-. The van der Waals surface area contributed by atoms with Crippen LogP contribution in [-0.2, 0) is 0 Å². The van der Waals surface area contributed by atoms with Gasteiger partial charge >= 0.3 is 0 Å². The minimum Gasteiger partial charge on any atom is -0.241 e. The van der Waals surface area contributed by atoms with Crippen LogP contribution in [0, 0.1) is 23.2 Å². The molecule has 0 amide bonds. The molecular formula is C20H29N3. The van der Waals surface area contributed by atoms with Crippen LogP contribution in [0.25, 0.3) is 0 Å². The lowest BCUT2D eigenvalue weighted by molar-refractivity contribution is 0.307. The minimum atomic E-state index is 0.254. The second-order valence-corrected chi connectivity index (χ2v) is 7.56. The van der Waals surface area contributed by atoms with Crippen molar-refractivity contribution in [1.29, 1.82) is 5.26 Å². The van der Waals surface area contributed by atoms with Gasteiger partial charge in [-0.15, -0.1) is 0 Å². The van der Waals surface area contributed by atoms with E-state index in [1.54, 1.807) is 0 Å². The van der Waals surface area contributed by atoms with Gasteiger partial charge in [0.1, 0.15) is 5.82 Å². The summed E-state index contributed by atoms with van der Waals surface area (Å²) in [7, 11) is 0. The molecule has 3 nitrogen and oxygen atoms in total. The van der Waals surface area contributed by atoms with Crippen molar-refractivity contribution in [3.63, 3.8) is 0 Å². The van der Waals surface area contributed by atoms with E-state index >= 15 is 0 Å². The Kier molecular flexibility index (Phi) is 5.65. The zero-order valence-electron chi connectivity index (χ0n) is 14.4. The summed E-state index contributed by atoms with van der Waals surface area (Å²) in [6.45, 7) is 2.29. The highest BCUT2D eigenvalue weighted by Gasteiger charge is 2.25. The van der Waals surface area contributed by atoms with Crippen LogP contribution in [0.15, 0.2) is 12.4 Å². The molecule has 2 aliphatic rings. The van der Waals surface area contributed by atoms with Crippen LogP contribution >= 0.6 is 0 Å². The van der Waals surface area contributed by atoms with E-state index in [0.29, 0.717) is 11.8 Å². The maximum atomic E-state index is 9.00. The number of nitrogens with zero attached hydrogens (tertiary/aromatic N) is 3. The van der Waals surface area contributed by atoms with Crippen LogP contribution in [0.3, 0.4) is 0 Å². The van der Waals surface area contributed by atoms with Gasteiger partial charge in [-0.05, 0) is 68.8 Å². The highest BCUT2D eigenvalue weighted by atomic mass is 14.9. The van der Waals surface area contributed by atoms with E-state index in [1.165, 1.54) is 44.1 Å². The van der Waals surface area contributed by atoms with Crippen LogP contribution in [0.1, 0.15) is 94.4 Å². The van der Waals surface area contributed by atoms with Gasteiger partial charge in [0.05, 0.1) is 6.07 Å². The maximum Gasteiger partial charge on any atom is 0.131 e. The molecule has 0 aliphatic heterocycles. The van der Waals surface area contributed by atoms with Gasteiger partial charge in [-0.25, -0.2) is 9.97 Å². The van der Waals surface area contributed by atoms with Crippen molar-refractivity contribution < 1.29 is 0 Å². The Hall–Kier alpha value is -1.43. The lowest BCUT2D eigenvalue weighted by Crippen LogP contribution is -2.16. The Bertz CT molecular complexity index is 515. The van der Waals surface area contributed by atoms with E-state index in [4.69, 9.17) is 5.26 Å². The monoisotopic (exact) mass is 311 g/mol. The fourth-order valence-electron chi connectivity index (χ4n) is 4.44. The fourth-order valence-corrected chi connectivity index (χ4v) is 4.44. The summed E-state index contributed by atoms with van der Waals surface area (Å²) >= 11 is 0. The molecule has 0 aromatic carbocycles. The number of rotatable bonds is 4. The first kappa shape index (κ1) is 16.4. The maximum absolute atomic E-state index is 9.00. The zero-order chi connectivity index (χ0) is 16.1. The molecule has 0 N–H and O–H groups in total. The Morgan fingerprint density at radius 2 is 1.57 bits per heavy atom. The van der Waals surface area contributed by atoms with Gasteiger partial charge in [0.2, 0.25) is 0 Å². The molecule has 1 aromatic rings. The average Bonchev–Trinajstić information content (AvgIpc) is 2.63. The summed E-state index contributed by atoms with van der Waals surface area (Å²) in [5.74, 6) is 3.35. The average molecular weight is 311 g/mol. The first-order valence-corrected chi connectivity index (χ1v) is 9.51. The predicted molar refractivity (Wildman–Crippen MR) is 92.0 cm³/mol. The summed E-state index contributed by atoms with van der Waals surface area (Å²) < 4.78 is 0. The number of hydrogen-bond donors (Lipinski definition) is 0. The molecule has 2 saturated carbocycles. The topological polar surface area (TPSA) is 49.6 Å². The number of nitriles is 1. The van der Waals surface area contributed by atoms with Crippen LogP contribution in [0.4, 0.5) is 0 Å². The molecule has 3 rings (SSSR count). The molecule has 2 fully saturated rings. The molecule has 0 unspecified atom stereocenters. The molecule has 0 saturated heterocycles. The molecule has 23 heavy (non-hydrogen) atoms. The largest absolute Gasteiger partial charge is 0.241 e. The lowest BCUT2D eigenvalue weighted by atomic mass is 9.78. The number of hydrogen-bond acceptors (Lipinski definition) is 3. The third-order valence-electron chi connectivity index (χ3n) is 5.98. The summed E-state index contributed by atoms with van der Waals surface area (Å²) in [6, 6.07) is 2.40. The highest BCUT2D eigenvalue weighted by molar-refractivity contribution is 5.14. The van der Waals surface area contributed by atoms with E-state index < -0.39 is 0 Å². The SMILES string of the molecule is CCC[C@H]1CC[C@H](c2cnc([C@H]3CC[C@H](C#N)CC3)nc2)CC1. The Balaban J connectivity index is 1.55. The molecular weight excluding hydrogens is 282 g/mol. The van der Waals surface area contributed by atoms with Gasteiger partial charge in [-0.2, -0.15) is 5.26 Å². The fraction of sp³-hybridized carbons (Fsp3) is 0.750. The van der Waals surface area contributed by atoms with Gasteiger partial charge in [0, 0.05) is 24.2 Å². The Labute approximate surface area is 140 Å². The third kappa shape index (κ3) is 4.10. The molecule has 1 heterocycles. The first-order valence-electron chi connectivity index (χ1n) is 9.51. The van der Waals surface area contributed by atoms with Crippen LogP contribution < -0.4 is 0 Å². The van der Waals surface area contributed by atoms with Crippen LogP contribution in [0.5, 0.6) is 0 Å². The van der Waals surface area contributed by atoms with E-state index in [-0.39, 0.29) is 5.92 Å². The van der Waals surface area contributed by atoms with Gasteiger partial charge in [-0.3, -0.25) is 0 Å². The molecule has 1 aromatic heterocycles. The van der Waals surface area contributed by atoms with Gasteiger partial charge < -0.3 is 0 Å². The van der Waals surface area contributed by atoms with Crippen LogP contribution in [-0.4, -0.2) is 9.97 Å². The van der Waals surface area contributed by atoms with Crippen molar-refractivity contribution in [1.82, 2.24) is 9.97 Å². The Morgan fingerprint density at radius 1 is 0.957 bits per heavy atom. The van der Waals surface area contributed by atoms with Crippen molar-refractivity contribution in [3.8, 4) is 6.07 Å². The van der Waals surface area contributed by atoms with E-state index in [0.717, 1.165) is 37.4 Å². The van der Waals surface area contributed by atoms with E-state index in [1.807, 2.05) is 0 Å². The molecule has 0 spiro atoms. The Morgan fingerprint density at radius 3 is 2.13 bits per heavy atom. The van der Waals surface area contributed by atoms with E-state index in [2.05, 4.69) is 35.4 Å². The van der Waals surface area contributed by atoms with Crippen molar-refractivity contribution in [2.45, 2.75) is 83.0 Å². The predicted octanol–water partition coefficient (Wildman–Crippen LogP) is 5.35. The molecule has 0 radical (unpaired) electrons. The number of aromatic nitrogens is 2. The summed E-state index contributed by atoms with van der Waals surface area (Å²) in [5.41, 5.74) is 1.34. The van der Waals surface area contributed by atoms with Crippen molar-refractivity contribution in [2.24, 2.45) is 11.8 Å². The smallest absolute Gasteiger partial charge is 0.131 e.